The Morgan fingerprint density at radius 1 is 1.38 bits per heavy atom. The molecule has 2 nitrogen and oxygen atoms in total. The summed E-state index contributed by atoms with van der Waals surface area (Å²) in [6.45, 7) is 6.93. The van der Waals surface area contributed by atoms with Gasteiger partial charge >= 0.3 is 0 Å². The smallest absolute Gasteiger partial charge is 0.0178 e. The van der Waals surface area contributed by atoms with Crippen LogP contribution in [0.1, 0.15) is 12.5 Å². The molecule has 1 aromatic carbocycles. The highest BCUT2D eigenvalue weighted by Crippen LogP contribution is 2.15. The van der Waals surface area contributed by atoms with Crippen LogP contribution in [0.15, 0.2) is 28.7 Å². The van der Waals surface area contributed by atoms with E-state index in [0.717, 1.165) is 19.5 Å². The monoisotopic (exact) mass is 282 g/mol. The Balaban J connectivity index is 1.93. The van der Waals surface area contributed by atoms with E-state index in [-0.39, 0.29) is 0 Å². The zero-order valence-corrected chi connectivity index (χ0v) is 11.3. The summed E-state index contributed by atoms with van der Waals surface area (Å²) in [6, 6.07) is 9.27. The fourth-order valence-electron chi connectivity index (χ4n) is 2.26. The van der Waals surface area contributed by atoms with Crippen molar-refractivity contribution < 1.29 is 0 Å². The van der Waals surface area contributed by atoms with Gasteiger partial charge in [-0.05, 0) is 31.0 Å². The Bertz CT molecular complexity index is 334. The zero-order valence-electron chi connectivity index (χ0n) is 9.75. The Hall–Kier alpha value is -0.380. The number of rotatable bonds is 3. The first kappa shape index (κ1) is 12.1. The van der Waals surface area contributed by atoms with Gasteiger partial charge in [-0.1, -0.05) is 28.1 Å². The molecule has 0 radical (unpaired) electrons. The molecule has 1 saturated heterocycles. The minimum atomic E-state index is 0.636. The van der Waals surface area contributed by atoms with Crippen molar-refractivity contribution in [1.29, 1.82) is 0 Å². The number of benzene rings is 1. The molecule has 0 aromatic heterocycles. The highest BCUT2D eigenvalue weighted by molar-refractivity contribution is 9.10. The topological polar surface area (TPSA) is 15.3 Å². The van der Waals surface area contributed by atoms with E-state index in [0.29, 0.717) is 6.04 Å². The summed E-state index contributed by atoms with van der Waals surface area (Å²) in [5.41, 5.74) is 1.42. The van der Waals surface area contributed by atoms with Gasteiger partial charge in [-0.15, -0.1) is 0 Å². The van der Waals surface area contributed by atoms with Crippen molar-refractivity contribution in [2.24, 2.45) is 0 Å². The largest absolute Gasteiger partial charge is 0.314 e. The van der Waals surface area contributed by atoms with Gasteiger partial charge in [0.15, 0.2) is 0 Å². The third kappa shape index (κ3) is 3.30. The van der Waals surface area contributed by atoms with Gasteiger partial charge in [0, 0.05) is 36.7 Å². The summed E-state index contributed by atoms with van der Waals surface area (Å²) in [5.74, 6) is 0. The molecule has 1 N–H and O–H groups in total. The molecule has 1 fully saturated rings. The van der Waals surface area contributed by atoms with E-state index in [1.807, 2.05) is 0 Å². The average molecular weight is 283 g/mol. The molecule has 1 aliphatic heterocycles. The number of piperazine rings is 1. The fourth-order valence-corrected chi connectivity index (χ4v) is 2.70. The third-order valence-corrected chi connectivity index (χ3v) is 3.69. The van der Waals surface area contributed by atoms with Gasteiger partial charge in [-0.2, -0.15) is 0 Å². The van der Waals surface area contributed by atoms with Gasteiger partial charge in [0.1, 0.15) is 0 Å². The molecule has 1 atom stereocenters. The Morgan fingerprint density at radius 2 is 2.12 bits per heavy atom. The van der Waals surface area contributed by atoms with Crippen LogP contribution in [-0.2, 0) is 6.42 Å². The Kier molecular flexibility index (Phi) is 4.38. The maximum atomic E-state index is 3.52. The van der Waals surface area contributed by atoms with Crippen LogP contribution >= 0.6 is 15.9 Å². The molecule has 3 heteroatoms. The lowest BCUT2D eigenvalue weighted by Crippen LogP contribution is -2.48. The summed E-state index contributed by atoms with van der Waals surface area (Å²) >= 11 is 3.52. The van der Waals surface area contributed by atoms with E-state index in [1.165, 1.54) is 23.1 Å². The molecule has 0 spiro atoms. The lowest BCUT2D eigenvalue weighted by Gasteiger charge is -2.32. The molecular formula is C13H19BrN2. The van der Waals surface area contributed by atoms with E-state index in [4.69, 9.17) is 0 Å². The minimum Gasteiger partial charge on any atom is -0.314 e. The summed E-state index contributed by atoms with van der Waals surface area (Å²) in [7, 11) is 0. The standard InChI is InChI=1S/C13H19BrN2/c1-11(16-7-5-15-6-8-16)9-12-3-2-4-13(14)10-12/h2-4,10-11,15H,5-9H2,1H3. The minimum absolute atomic E-state index is 0.636. The molecule has 0 aliphatic carbocycles. The van der Waals surface area contributed by atoms with Crippen LogP contribution in [0.5, 0.6) is 0 Å². The second-order valence-corrected chi connectivity index (χ2v) is 5.38. The summed E-state index contributed by atoms with van der Waals surface area (Å²) in [5, 5.41) is 3.39. The van der Waals surface area contributed by atoms with Gasteiger partial charge in [0.05, 0.1) is 0 Å². The molecule has 1 aliphatic rings. The maximum Gasteiger partial charge on any atom is 0.0178 e. The molecule has 0 saturated carbocycles. The molecule has 1 aromatic rings. The van der Waals surface area contributed by atoms with E-state index < -0.39 is 0 Å². The molecule has 88 valence electrons. The van der Waals surface area contributed by atoms with Crippen molar-refractivity contribution in [3.8, 4) is 0 Å². The van der Waals surface area contributed by atoms with Gasteiger partial charge in [0.25, 0.3) is 0 Å². The lowest BCUT2D eigenvalue weighted by molar-refractivity contribution is 0.183. The fraction of sp³-hybridized carbons (Fsp3) is 0.538. The molecule has 2 rings (SSSR count). The summed E-state index contributed by atoms with van der Waals surface area (Å²) < 4.78 is 1.18. The number of nitrogens with one attached hydrogen (secondary N) is 1. The van der Waals surface area contributed by atoms with Crippen molar-refractivity contribution in [2.75, 3.05) is 26.2 Å². The highest BCUT2D eigenvalue weighted by Gasteiger charge is 2.16. The molecule has 1 unspecified atom stereocenters. The number of nitrogens with zero attached hydrogens (tertiary/aromatic N) is 1. The van der Waals surface area contributed by atoms with Crippen LogP contribution in [0.4, 0.5) is 0 Å². The quantitative estimate of drug-likeness (QED) is 0.915. The highest BCUT2D eigenvalue weighted by atomic mass is 79.9. The number of halogens is 1. The van der Waals surface area contributed by atoms with Crippen LogP contribution in [0.25, 0.3) is 0 Å². The third-order valence-electron chi connectivity index (χ3n) is 3.20. The van der Waals surface area contributed by atoms with Crippen molar-refractivity contribution in [3.05, 3.63) is 34.3 Å². The number of hydrogen-bond donors (Lipinski definition) is 1. The SMILES string of the molecule is CC(Cc1cccc(Br)c1)N1CCNCC1. The van der Waals surface area contributed by atoms with E-state index in [9.17, 15) is 0 Å². The van der Waals surface area contributed by atoms with Crippen molar-refractivity contribution in [3.63, 3.8) is 0 Å². The first-order valence-electron chi connectivity index (χ1n) is 5.95. The first-order chi connectivity index (χ1) is 7.75. The second kappa shape index (κ2) is 5.80. The van der Waals surface area contributed by atoms with Gasteiger partial charge in [-0.3, -0.25) is 4.90 Å². The molecule has 0 amide bonds. The Labute approximate surface area is 106 Å². The first-order valence-corrected chi connectivity index (χ1v) is 6.74. The summed E-state index contributed by atoms with van der Waals surface area (Å²) in [6.07, 6.45) is 1.14. The van der Waals surface area contributed by atoms with Crippen molar-refractivity contribution in [1.82, 2.24) is 10.2 Å². The predicted octanol–water partition coefficient (Wildman–Crippen LogP) is 2.29. The van der Waals surface area contributed by atoms with Gasteiger partial charge in [0.2, 0.25) is 0 Å². The molecular weight excluding hydrogens is 264 g/mol. The average Bonchev–Trinajstić information content (AvgIpc) is 2.30. The van der Waals surface area contributed by atoms with E-state index in [2.05, 4.69) is 57.3 Å². The maximum absolute atomic E-state index is 3.52. The molecule has 1 heterocycles. The van der Waals surface area contributed by atoms with Crippen LogP contribution < -0.4 is 5.32 Å². The normalized spacial score (nSPS) is 19.6. The van der Waals surface area contributed by atoms with Gasteiger partial charge in [-0.25, -0.2) is 0 Å². The predicted molar refractivity (Wildman–Crippen MR) is 71.8 cm³/mol. The van der Waals surface area contributed by atoms with Crippen LogP contribution in [0.2, 0.25) is 0 Å². The van der Waals surface area contributed by atoms with E-state index >= 15 is 0 Å². The van der Waals surface area contributed by atoms with Crippen LogP contribution in [0.3, 0.4) is 0 Å². The van der Waals surface area contributed by atoms with Gasteiger partial charge < -0.3 is 5.32 Å². The van der Waals surface area contributed by atoms with Crippen LogP contribution in [-0.4, -0.2) is 37.1 Å². The Morgan fingerprint density at radius 3 is 2.81 bits per heavy atom. The van der Waals surface area contributed by atoms with E-state index in [1.54, 1.807) is 0 Å². The molecule has 0 bridgehead atoms. The zero-order chi connectivity index (χ0) is 11.4. The lowest BCUT2D eigenvalue weighted by atomic mass is 10.1. The van der Waals surface area contributed by atoms with Crippen LogP contribution in [0, 0.1) is 0 Å². The van der Waals surface area contributed by atoms with Crippen molar-refractivity contribution in [2.45, 2.75) is 19.4 Å². The number of hydrogen-bond acceptors (Lipinski definition) is 2. The summed E-state index contributed by atoms with van der Waals surface area (Å²) in [4.78, 5) is 2.57. The second-order valence-electron chi connectivity index (χ2n) is 4.47. The molecule has 16 heavy (non-hydrogen) atoms. The van der Waals surface area contributed by atoms with Crippen molar-refractivity contribution >= 4 is 15.9 Å².